The van der Waals surface area contributed by atoms with E-state index in [9.17, 15) is 0 Å². The average molecular weight is 250 g/mol. The largest absolute Gasteiger partial charge is 0.481 e. The molecule has 0 atom stereocenters. The molecular formula is C13H22N4O. The summed E-state index contributed by atoms with van der Waals surface area (Å²) in [6.45, 7) is 2.82. The fourth-order valence-corrected chi connectivity index (χ4v) is 2.38. The lowest BCUT2D eigenvalue weighted by Crippen LogP contribution is -2.29. The van der Waals surface area contributed by atoms with Crippen molar-refractivity contribution in [2.75, 3.05) is 19.0 Å². The van der Waals surface area contributed by atoms with E-state index >= 15 is 0 Å². The summed E-state index contributed by atoms with van der Waals surface area (Å²) in [5.74, 6) is 2.87. The van der Waals surface area contributed by atoms with Crippen molar-refractivity contribution in [2.24, 2.45) is 11.7 Å². The maximum absolute atomic E-state index is 5.90. The Morgan fingerprint density at radius 2 is 2.06 bits per heavy atom. The minimum atomic E-state index is 0.405. The van der Waals surface area contributed by atoms with Gasteiger partial charge in [-0.3, -0.25) is 0 Å². The van der Waals surface area contributed by atoms with Gasteiger partial charge in [0.2, 0.25) is 5.88 Å². The van der Waals surface area contributed by atoms with Crippen molar-refractivity contribution in [1.29, 1.82) is 0 Å². The number of aryl methyl sites for hydroxylation is 1. The summed E-state index contributed by atoms with van der Waals surface area (Å²) < 4.78 is 5.13. The highest BCUT2D eigenvalue weighted by Gasteiger charge is 2.18. The maximum atomic E-state index is 5.90. The van der Waals surface area contributed by atoms with E-state index in [1.165, 1.54) is 12.8 Å². The number of nitrogens with one attached hydrogen (secondary N) is 1. The highest BCUT2D eigenvalue weighted by atomic mass is 16.5. The molecule has 1 heterocycles. The molecule has 0 radical (unpaired) electrons. The van der Waals surface area contributed by atoms with Crippen molar-refractivity contribution < 1.29 is 4.74 Å². The van der Waals surface area contributed by atoms with Crippen LogP contribution >= 0.6 is 0 Å². The fraction of sp³-hybridized carbons (Fsp3) is 0.692. The molecule has 0 unspecified atom stereocenters. The van der Waals surface area contributed by atoms with E-state index in [4.69, 9.17) is 10.5 Å². The van der Waals surface area contributed by atoms with Crippen LogP contribution in [0.3, 0.4) is 0 Å². The van der Waals surface area contributed by atoms with Crippen molar-refractivity contribution in [2.45, 2.75) is 38.6 Å². The van der Waals surface area contributed by atoms with Crippen LogP contribution in [0.1, 0.15) is 31.5 Å². The van der Waals surface area contributed by atoms with Gasteiger partial charge in [0.25, 0.3) is 0 Å². The van der Waals surface area contributed by atoms with Gasteiger partial charge in [-0.05, 0) is 38.5 Å². The Morgan fingerprint density at radius 1 is 1.33 bits per heavy atom. The lowest BCUT2D eigenvalue weighted by Gasteiger charge is -2.26. The summed E-state index contributed by atoms with van der Waals surface area (Å²) >= 11 is 0. The van der Waals surface area contributed by atoms with Gasteiger partial charge in [-0.25, -0.2) is 4.98 Å². The van der Waals surface area contributed by atoms with Crippen LogP contribution in [0.25, 0.3) is 0 Å². The van der Waals surface area contributed by atoms with Gasteiger partial charge in [0.1, 0.15) is 11.6 Å². The topological polar surface area (TPSA) is 73.1 Å². The Kier molecular flexibility index (Phi) is 4.36. The Morgan fingerprint density at radius 3 is 2.72 bits per heavy atom. The van der Waals surface area contributed by atoms with E-state index in [-0.39, 0.29) is 0 Å². The van der Waals surface area contributed by atoms with E-state index in [1.807, 2.05) is 13.0 Å². The van der Waals surface area contributed by atoms with Crippen LogP contribution < -0.4 is 15.8 Å². The van der Waals surface area contributed by atoms with Crippen molar-refractivity contribution in [1.82, 2.24) is 9.97 Å². The van der Waals surface area contributed by atoms with Crippen molar-refractivity contribution in [3.63, 3.8) is 0 Å². The monoisotopic (exact) mass is 250 g/mol. The molecule has 1 aliphatic carbocycles. The smallest absolute Gasteiger partial charge is 0.218 e. The predicted octanol–water partition coefficient (Wildman–Crippen LogP) is 1.72. The molecule has 0 spiro atoms. The third kappa shape index (κ3) is 3.57. The SMILES string of the molecule is COc1cc(NCC2CCC(N)CC2)nc(C)n1. The molecule has 0 bridgehead atoms. The summed E-state index contributed by atoms with van der Waals surface area (Å²) in [7, 11) is 1.62. The zero-order valence-corrected chi connectivity index (χ0v) is 11.1. The van der Waals surface area contributed by atoms with Gasteiger partial charge in [0, 0.05) is 18.7 Å². The van der Waals surface area contributed by atoms with Crippen molar-refractivity contribution in [3.8, 4) is 5.88 Å². The molecule has 100 valence electrons. The Bertz CT molecular complexity index is 389. The van der Waals surface area contributed by atoms with E-state index in [2.05, 4.69) is 15.3 Å². The van der Waals surface area contributed by atoms with Gasteiger partial charge in [-0.15, -0.1) is 0 Å². The summed E-state index contributed by atoms with van der Waals surface area (Å²) in [5, 5.41) is 3.37. The Labute approximate surface area is 108 Å². The van der Waals surface area contributed by atoms with Gasteiger partial charge in [0.15, 0.2) is 0 Å². The molecule has 3 N–H and O–H groups in total. The van der Waals surface area contributed by atoms with Crippen LogP contribution in [0, 0.1) is 12.8 Å². The number of nitrogens with two attached hydrogens (primary N) is 1. The molecule has 0 aliphatic heterocycles. The van der Waals surface area contributed by atoms with Gasteiger partial charge < -0.3 is 15.8 Å². The molecule has 0 amide bonds. The Hall–Kier alpha value is -1.36. The standard InChI is InChI=1S/C13H22N4O/c1-9-16-12(7-13(17-9)18-2)15-8-10-3-5-11(14)6-4-10/h7,10-11H,3-6,8,14H2,1-2H3,(H,15,16,17). The van der Waals surface area contributed by atoms with Crippen LogP contribution in [0.5, 0.6) is 5.88 Å². The van der Waals surface area contributed by atoms with Gasteiger partial charge in [-0.2, -0.15) is 4.98 Å². The molecule has 1 aromatic heterocycles. The van der Waals surface area contributed by atoms with E-state index in [1.54, 1.807) is 7.11 Å². The molecule has 1 aliphatic rings. The normalized spacial score (nSPS) is 23.7. The lowest BCUT2D eigenvalue weighted by molar-refractivity contribution is 0.338. The lowest BCUT2D eigenvalue weighted by atomic mass is 9.86. The summed E-state index contributed by atoms with van der Waals surface area (Å²) in [4.78, 5) is 8.52. The number of anilines is 1. The second-order valence-electron chi connectivity index (χ2n) is 5.00. The number of nitrogens with zero attached hydrogens (tertiary/aromatic N) is 2. The molecule has 1 fully saturated rings. The molecule has 18 heavy (non-hydrogen) atoms. The van der Waals surface area contributed by atoms with Crippen LogP contribution in [-0.4, -0.2) is 29.7 Å². The van der Waals surface area contributed by atoms with Crippen LogP contribution in [0.15, 0.2) is 6.07 Å². The highest BCUT2D eigenvalue weighted by Crippen LogP contribution is 2.23. The Balaban J connectivity index is 1.88. The maximum Gasteiger partial charge on any atom is 0.218 e. The number of hydrogen-bond acceptors (Lipinski definition) is 5. The second kappa shape index (κ2) is 6.00. The summed E-state index contributed by atoms with van der Waals surface area (Å²) in [6, 6.07) is 2.24. The number of ether oxygens (including phenoxy) is 1. The van der Waals surface area contributed by atoms with Crippen molar-refractivity contribution >= 4 is 5.82 Å². The third-order valence-corrected chi connectivity index (χ3v) is 3.49. The van der Waals surface area contributed by atoms with Gasteiger partial charge in [-0.1, -0.05) is 0 Å². The van der Waals surface area contributed by atoms with Gasteiger partial charge in [0.05, 0.1) is 7.11 Å². The summed E-state index contributed by atoms with van der Waals surface area (Å²) in [5.41, 5.74) is 5.90. The molecule has 2 rings (SSSR count). The van der Waals surface area contributed by atoms with E-state index < -0.39 is 0 Å². The fourth-order valence-electron chi connectivity index (χ4n) is 2.38. The first-order chi connectivity index (χ1) is 8.67. The van der Waals surface area contributed by atoms with Gasteiger partial charge >= 0.3 is 0 Å². The third-order valence-electron chi connectivity index (χ3n) is 3.49. The zero-order chi connectivity index (χ0) is 13.0. The van der Waals surface area contributed by atoms with Crippen LogP contribution in [0.4, 0.5) is 5.82 Å². The minimum absolute atomic E-state index is 0.405. The molecule has 1 aromatic rings. The molecular weight excluding hydrogens is 228 g/mol. The van der Waals surface area contributed by atoms with Crippen LogP contribution in [0.2, 0.25) is 0 Å². The van der Waals surface area contributed by atoms with Crippen LogP contribution in [-0.2, 0) is 0 Å². The minimum Gasteiger partial charge on any atom is -0.481 e. The quantitative estimate of drug-likeness (QED) is 0.851. The first-order valence-electron chi connectivity index (χ1n) is 6.56. The number of methoxy groups -OCH3 is 1. The first kappa shape index (κ1) is 13.1. The van der Waals surface area contributed by atoms with E-state index in [0.29, 0.717) is 17.8 Å². The van der Waals surface area contributed by atoms with E-state index in [0.717, 1.165) is 31.0 Å². The summed E-state index contributed by atoms with van der Waals surface area (Å²) in [6.07, 6.45) is 4.68. The predicted molar refractivity (Wildman–Crippen MR) is 71.7 cm³/mol. The molecule has 5 heteroatoms. The number of rotatable bonds is 4. The first-order valence-corrected chi connectivity index (χ1v) is 6.56. The number of aromatic nitrogens is 2. The molecule has 0 saturated heterocycles. The highest BCUT2D eigenvalue weighted by molar-refractivity contribution is 5.38. The zero-order valence-electron chi connectivity index (χ0n) is 11.1. The number of hydrogen-bond donors (Lipinski definition) is 2. The molecule has 5 nitrogen and oxygen atoms in total. The average Bonchev–Trinajstić information content (AvgIpc) is 2.37. The second-order valence-corrected chi connectivity index (χ2v) is 5.00. The molecule has 1 saturated carbocycles. The van der Waals surface area contributed by atoms with Crippen molar-refractivity contribution in [3.05, 3.63) is 11.9 Å². The molecule has 0 aromatic carbocycles.